The van der Waals surface area contributed by atoms with E-state index < -0.39 is 18.2 Å². The molecular formula is C30H30F3N5O2. The molecule has 1 amide bonds. The van der Waals surface area contributed by atoms with Gasteiger partial charge in [-0.3, -0.25) is 9.69 Å². The summed E-state index contributed by atoms with van der Waals surface area (Å²) >= 11 is 0. The zero-order valence-electron chi connectivity index (χ0n) is 21.9. The Morgan fingerprint density at radius 1 is 1.12 bits per heavy atom. The number of benzene rings is 1. The van der Waals surface area contributed by atoms with Gasteiger partial charge in [0.1, 0.15) is 17.8 Å². The highest BCUT2D eigenvalue weighted by Crippen LogP contribution is 2.39. The van der Waals surface area contributed by atoms with E-state index in [1.165, 1.54) is 12.4 Å². The van der Waals surface area contributed by atoms with Gasteiger partial charge in [0.05, 0.1) is 23.4 Å². The second kappa shape index (κ2) is 10.3. The second-order valence-electron chi connectivity index (χ2n) is 11.0. The average Bonchev–Trinajstić information content (AvgIpc) is 3.54. The number of fused-ring (bicyclic) bond motifs is 2. The molecule has 0 aliphatic heterocycles. The summed E-state index contributed by atoms with van der Waals surface area (Å²) in [5.74, 6) is -1.46. The maximum absolute atomic E-state index is 13.3. The highest BCUT2D eigenvalue weighted by Gasteiger charge is 2.45. The van der Waals surface area contributed by atoms with Crippen LogP contribution < -0.4 is 4.90 Å². The number of rotatable bonds is 8. The van der Waals surface area contributed by atoms with Crippen molar-refractivity contribution in [2.24, 2.45) is 11.8 Å². The molecule has 0 saturated heterocycles. The van der Waals surface area contributed by atoms with E-state index in [1.807, 2.05) is 35.0 Å². The molecule has 2 aliphatic rings. The molecule has 10 heteroatoms. The summed E-state index contributed by atoms with van der Waals surface area (Å²) in [6.45, 7) is 3.84. The quantitative estimate of drug-likeness (QED) is 0.297. The normalized spacial score (nSPS) is 21.2. The topological polar surface area (TPSA) is 84.1 Å². The lowest BCUT2D eigenvalue weighted by molar-refractivity contribution is -0.170. The number of aryl methyl sites for hydroxylation is 1. The molecule has 4 aromatic rings. The van der Waals surface area contributed by atoms with Crippen molar-refractivity contribution in [3.8, 4) is 0 Å². The Labute approximate surface area is 229 Å². The summed E-state index contributed by atoms with van der Waals surface area (Å²) < 4.78 is 41.9. The minimum absolute atomic E-state index is 0.0271. The lowest BCUT2D eigenvalue weighted by Gasteiger charge is -2.23. The Morgan fingerprint density at radius 3 is 2.67 bits per heavy atom. The van der Waals surface area contributed by atoms with Crippen molar-refractivity contribution in [2.45, 2.75) is 56.8 Å². The molecule has 7 nitrogen and oxygen atoms in total. The van der Waals surface area contributed by atoms with Crippen molar-refractivity contribution in [2.75, 3.05) is 11.4 Å². The molecule has 6 rings (SSSR count). The van der Waals surface area contributed by atoms with Gasteiger partial charge in [-0.1, -0.05) is 18.7 Å². The number of hydrogen-bond acceptors (Lipinski definition) is 5. The summed E-state index contributed by atoms with van der Waals surface area (Å²) in [6, 6.07) is 10.9. The highest BCUT2D eigenvalue weighted by atomic mass is 19.4. The smallest absolute Gasteiger partial charge is 0.391 e. The van der Waals surface area contributed by atoms with E-state index in [4.69, 9.17) is 0 Å². The van der Waals surface area contributed by atoms with Gasteiger partial charge in [0.25, 0.3) is 0 Å². The molecular weight excluding hydrogens is 519 g/mol. The number of carbonyl (C=O) groups excluding carboxylic acids is 1. The Kier molecular flexibility index (Phi) is 6.82. The predicted octanol–water partition coefficient (Wildman–Crippen LogP) is 5.87. The lowest BCUT2D eigenvalue weighted by Crippen LogP contribution is -2.42. The molecule has 3 atom stereocenters. The molecule has 208 valence electrons. The molecule has 2 saturated carbocycles. The zero-order chi connectivity index (χ0) is 28.0. The largest absolute Gasteiger partial charge is 0.471 e. The number of anilines is 1. The summed E-state index contributed by atoms with van der Waals surface area (Å²) in [5.41, 5.74) is 3.12. The predicted molar refractivity (Wildman–Crippen MR) is 147 cm³/mol. The third-order valence-corrected chi connectivity index (χ3v) is 8.17. The number of amides is 1. The highest BCUT2D eigenvalue weighted by molar-refractivity contribution is 5.97. The van der Waals surface area contributed by atoms with Gasteiger partial charge in [-0.15, -0.1) is 0 Å². The van der Waals surface area contributed by atoms with E-state index in [0.29, 0.717) is 17.9 Å². The number of alkyl halides is 3. The molecule has 0 bridgehead atoms. The van der Waals surface area contributed by atoms with E-state index in [9.17, 15) is 23.1 Å². The number of hydrogen-bond donors (Lipinski definition) is 1. The SMILES string of the molecule is C=Cc1ncnc2c1ccn2C1CC(CCc2ccc3ccc(N(CC4CC4)C(=O)C(F)(F)F)nc3c2)C[C@H]1O. The second-order valence-corrected chi connectivity index (χ2v) is 11.0. The van der Waals surface area contributed by atoms with Gasteiger partial charge in [0.2, 0.25) is 0 Å². The van der Waals surface area contributed by atoms with Crippen LogP contribution in [0.2, 0.25) is 0 Å². The number of halogens is 3. The van der Waals surface area contributed by atoms with Crippen LogP contribution >= 0.6 is 0 Å². The van der Waals surface area contributed by atoms with Crippen molar-refractivity contribution in [3.05, 3.63) is 66.8 Å². The van der Waals surface area contributed by atoms with E-state index in [0.717, 1.165) is 64.7 Å². The van der Waals surface area contributed by atoms with Crippen molar-refractivity contribution in [1.29, 1.82) is 0 Å². The number of pyridine rings is 1. The first-order valence-corrected chi connectivity index (χ1v) is 13.6. The molecule has 1 aromatic carbocycles. The van der Waals surface area contributed by atoms with Crippen LogP contribution in [0.4, 0.5) is 19.0 Å². The fourth-order valence-corrected chi connectivity index (χ4v) is 5.87. The van der Waals surface area contributed by atoms with Crippen LogP contribution in [0.25, 0.3) is 28.0 Å². The number of aliphatic hydroxyl groups is 1. The van der Waals surface area contributed by atoms with Crippen LogP contribution in [0.5, 0.6) is 0 Å². The Bertz CT molecular complexity index is 1580. The summed E-state index contributed by atoms with van der Waals surface area (Å²) in [6.07, 6.45) is 4.43. The summed E-state index contributed by atoms with van der Waals surface area (Å²) in [7, 11) is 0. The van der Waals surface area contributed by atoms with E-state index in [2.05, 4.69) is 21.5 Å². The number of aromatic nitrogens is 4. The maximum atomic E-state index is 13.3. The first-order chi connectivity index (χ1) is 19.2. The minimum atomic E-state index is -4.95. The third-order valence-electron chi connectivity index (χ3n) is 8.17. The maximum Gasteiger partial charge on any atom is 0.471 e. The lowest BCUT2D eigenvalue weighted by atomic mass is 9.97. The molecule has 2 fully saturated rings. The first kappa shape index (κ1) is 26.4. The van der Waals surface area contributed by atoms with Gasteiger partial charge in [-0.25, -0.2) is 15.0 Å². The zero-order valence-corrected chi connectivity index (χ0v) is 21.9. The minimum Gasteiger partial charge on any atom is -0.391 e. The number of carbonyl (C=O) groups is 1. The van der Waals surface area contributed by atoms with Gasteiger partial charge >= 0.3 is 12.1 Å². The molecule has 0 spiro atoms. The molecule has 3 heterocycles. The van der Waals surface area contributed by atoms with E-state index in [1.54, 1.807) is 12.1 Å². The Morgan fingerprint density at radius 2 is 1.93 bits per heavy atom. The van der Waals surface area contributed by atoms with Crippen LogP contribution in [-0.4, -0.2) is 49.4 Å². The van der Waals surface area contributed by atoms with Crippen LogP contribution in [-0.2, 0) is 11.2 Å². The standard InChI is InChI=1S/C30H30F3N5O2/c1-2-23-22-11-12-37(28(22)35-17-34-23)25-14-20(15-26(25)39)6-3-18-7-8-21-9-10-27(36-24(21)13-18)38(16-19-4-5-19)29(40)30(31,32)33/h2,7-13,17,19-20,25-26,39H,1,3-6,14-16H2/t20?,25?,26-/m1/s1. The van der Waals surface area contributed by atoms with Gasteiger partial charge in [-0.05, 0) is 86.3 Å². The van der Waals surface area contributed by atoms with Crippen molar-refractivity contribution in [1.82, 2.24) is 19.5 Å². The molecule has 40 heavy (non-hydrogen) atoms. The molecule has 0 radical (unpaired) electrons. The van der Waals surface area contributed by atoms with Crippen LogP contribution in [0.1, 0.15) is 49.4 Å². The summed E-state index contributed by atoms with van der Waals surface area (Å²) in [5, 5.41) is 12.6. The molecule has 1 N–H and O–H groups in total. The first-order valence-electron chi connectivity index (χ1n) is 13.6. The van der Waals surface area contributed by atoms with Gasteiger partial charge < -0.3 is 9.67 Å². The fourth-order valence-electron chi connectivity index (χ4n) is 5.87. The van der Waals surface area contributed by atoms with E-state index >= 15 is 0 Å². The van der Waals surface area contributed by atoms with Gasteiger partial charge in [0, 0.05) is 23.5 Å². The Balaban J connectivity index is 1.17. The summed E-state index contributed by atoms with van der Waals surface area (Å²) in [4.78, 5) is 26.1. The van der Waals surface area contributed by atoms with Crippen molar-refractivity contribution < 1.29 is 23.1 Å². The van der Waals surface area contributed by atoms with Crippen molar-refractivity contribution in [3.63, 3.8) is 0 Å². The average molecular weight is 550 g/mol. The molecule has 2 aliphatic carbocycles. The third kappa shape index (κ3) is 5.20. The molecule has 2 unspecified atom stereocenters. The van der Waals surface area contributed by atoms with Gasteiger partial charge in [0.15, 0.2) is 0 Å². The number of aliphatic hydroxyl groups excluding tert-OH is 1. The fraction of sp³-hybridized carbons (Fsp3) is 0.400. The molecule has 3 aromatic heterocycles. The van der Waals surface area contributed by atoms with Crippen LogP contribution in [0.3, 0.4) is 0 Å². The van der Waals surface area contributed by atoms with Gasteiger partial charge in [-0.2, -0.15) is 13.2 Å². The number of nitrogens with zero attached hydrogens (tertiary/aromatic N) is 5. The van der Waals surface area contributed by atoms with E-state index in [-0.39, 0.29) is 24.3 Å². The van der Waals surface area contributed by atoms with Crippen LogP contribution in [0.15, 0.2) is 55.5 Å². The Hall–Kier alpha value is -3.79. The van der Waals surface area contributed by atoms with Crippen LogP contribution in [0, 0.1) is 11.8 Å². The van der Waals surface area contributed by atoms with Crippen molar-refractivity contribution >= 4 is 39.7 Å². The monoisotopic (exact) mass is 549 g/mol.